The Morgan fingerprint density at radius 3 is 1.62 bits per heavy atom. The van der Waals surface area contributed by atoms with E-state index in [-0.39, 0.29) is 12.5 Å². The van der Waals surface area contributed by atoms with Crippen molar-refractivity contribution >= 4 is 5.91 Å². The number of aliphatic hydroxyl groups is 5. The Balaban J connectivity index is 2.29. The van der Waals surface area contributed by atoms with Crippen molar-refractivity contribution < 1.29 is 39.8 Å². The van der Waals surface area contributed by atoms with E-state index < -0.39 is 49.5 Å². The third-order valence-corrected chi connectivity index (χ3v) is 11.0. The summed E-state index contributed by atoms with van der Waals surface area (Å²) in [6.07, 6.45) is 39.0. The van der Waals surface area contributed by atoms with Gasteiger partial charge in [-0.1, -0.05) is 185 Å². The first-order chi connectivity index (χ1) is 27.3. The number of unbranched alkanes of at least 4 members (excludes halogenated alkanes) is 24. The molecule has 1 amide bonds. The summed E-state index contributed by atoms with van der Waals surface area (Å²) in [5, 5.41) is 54.1. The van der Waals surface area contributed by atoms with Crippen LogP contribution in [0.4, 0.5) is 0 Å². The summed E-state index contributed by atoms with van der Waals surface area (Å²) in [5.74, 6) is -0.179. The summed E-state index contributed by atoms with van der Waals surface area (Å²) in [4.78, 5) is 12.9. The van der Waals surface area contributed by atoms with Gasteiger partial charge < -0.3 is 40.3 Å². The highest BCUT2D eigenvalue weighted by Gasteiger charge is 2.44. The molecule has 1 rings (SSSR count). The smallest absolute Gasteiger partial charge is 0.220 e. The molecule has 1 aliphatic heterocycles. The number of carbonyl (C=O) groups is 1. The minimum absolute atomic E-state index is 0.179. The minimum atomic E-state index is -1.56. The van der Waals surface area contributed by atoms with Gasteiger partial charge in [-0.25, -0.2) is 0 Å². The number of allylic oxidation sites excluding steroid dienone is 5. The third kappa shape index (κ3) is 27.9. The van der Waals surface area contributed by atoms with Gasteiger partial charge in [0.1, 0.15) is 24.4 Å². The molecule has 7 unspecified atom stereocenters. The van der Waals surface area contributed by atoms with Gasteiger partial charge in [-0.2, -0.15) is 0 Å². The Morgan fingerprint density at radius 2 is 1.11 bits per heavy atom. The Bertz CT molecular complexity index is 972. The quantitative estimate of drug-likeness (QED) is 0.0268. The predicted octanol–water partition coefficient (Wildman–Crippen LogP) is 9.67. The average molecular weight is 794 g/mol. The maximum atomic E-state index is 12.9. The van der Waals surface area contributed by atoms with Crippen LogP contribution in [-0.4, -0.2) is 87.5 Å². The van der Waals surface area contributed by atoms with Crippen molar-refractivity contribution in [3.63, 3.8) is 0 Å². The Morgan fingerprint density at radius 1 is 0.625 bits per heavy atom. The van der Waals surface area contributed by atoms with Crippen molar-refractivity contribution in [2.24, 2.45) is 0 Å². The summed E-state index contributed by atoms with van der Waals surface area (Å²) in [6.45, 7) is 3.66. The van der Waals surface area contributed by atoms with E-state index in [1.807, 2.05) is 6.08 Å². The molecule has 0 bridgehead atoms. The van der Waals surface area contributed by atoms with Crippen molar-refractivity contribution in [3.05, 3.63) is 36.5 Å². The molecule has 0 aliphatic carbocycles. The average Bonchev–Trinajstić information content (AvgIpc) is 3.20. The molecule has 0 spiro atoms. The normalized spacial score (nSPS) is 21.4. The molecule has 56 heavy (non-hydrogen) atoms. The minimum Gasteiger partial charge on any atom is -0.394 e. The number of hydrogen-bond acceptors (Lipinski definition) is 8. The Hall–Kier alpha value is -1.59. The highest BCUT2D eigenvalue weighted by Crippen LogP contribution is 2.23. The van der Waals surface area contributed by atoms with Crippen molar-refractivity contribution in [3.8, 4) is 0 Å². The molecule has 0 aromatic carbocycles. The fourth-order valence-electron chi connectivity index (χ4n) is 7.25. The molecule has 6 N–H and O–H groups in total. The standard InChI is InChI=1S/C47H87NO8/c1-3-5-7-9-11-13-15-17-18-19-20-21-22-23-24-25-27-29-31-33-35-37-43(51)48-40(39-55-47-46(54)45(53)44(52)42(38-49)56-47)41(50)36-34-32-30-28-26-16-14-12-10-8-6-4-2/h5,7,11,13,34,36,40-42,44-47,49-50,52-54H,3-4,6,8-10,12,14-33,35,37-39H2,1-2H3,(H,48,51)/b7-5-,13-11-,36-34+. The largest absolute Gasteiger partial charge is 0.394 e. The molecule has 9 heteroatoms. The molecule has 1 heterocycles. The van der Waals surface area contributed by atoms with Crippen LogP contribution >= 0.6 is 0 Å². The lowest BCUT2D eigenvalue weighted by Crippen LogP contribution is -2.60. The van der Waals surface area contributed by atoms with Crippen LogP contribution in [0, 0.1) is 0 Å². The maximum Gasteiger partial charge on any atom is 0.220 e. The van der Waals surface area contributed by atoms with Gasteiger partial charge in [0, 0.05) is 6.42 Å². The first-order valence-electron chi connectivity index (χ1n) is 23.2. The van der Waals surface area contributed by atoms with Crippen LogP contribution in [0.15, 0.2) is 36.5 Å². The monoisotopic (exact) mass is 794 g/mol. The molecule has 0 aromatic rings. The lowest BCUT2D eigenvalue weighted by atomic mass is 9.99. The van der Waals surface area contributed by atoms with Gasteiger partial charge in [-0.15, -0.1) is 0 Å². The Labute approximate surface area is 342 Å². The van der Waals surface area contributed by atoms with Gasteiger partial charge in [-0.3, -0.25) is 4.79 Å². The summed E-state index contributed by atoms with van der Waals surface area (Å²) >= 11 is 0. The zero-order chi connectivity index (χ0) is 40.9. The zero-order valence-corrected chi connectivity index (χ0v) is 35.9. The summed E-state index contributed by atoms with van der Waals surface area (Å²) in [5.41, 5.74) is 0. The fraction of sp³-hybridized carbons (Fsp3) is 0.851. The molecule has 9 nitrogen and oxygen atoms in total. The van der Waals surface area contributed by atoms with E-state index >= 15 is 0 Å². The third-order valence-electron chi connectivity index (χ3n) is 11.0. The van der Waals surface area contributed by atoms with Gasteiger partial charge >= 0.3 is 0 Å². The topological polar surface area (TPSA) is 149 Å². The van der Waals surface area contributed by atoms with Crippen LogP contribution < -0.4 is 5.32 Å². The van der Waals surface area contributed by atoms with Crippen LogP contribution in [0.2, 0.25) is 0 Å². The second kappa shape index (κ2) is 37.7. The van der Waals surface area contributed by atoms with Crippen LogP contribution in [0.1, 0.15) is 200 Å². The summed E-state index contributed by atoms with van der Waals surface area (Å²) < 4.78 is 11.2. The van der Waals surface area contributed by atoms with Gasteiger partial charge in [-0.05, 0) is 44.9 Å². The maximum absolute atomic E-state index is 12.9. The van der Waals surface area contributed by atoms with Gasteiger partial charge in [0.2, 0.25) is 5.91 Å². The van der Waals surface area contributed by atoms with E-state index in [0.29, 0.717) is 6.42 Å². The highest BCUT2D eigenvalue weighted by atomic mass is 16.7. The van der Waals surface area contributed by atoms with E-state index in [2.05, 4.69) is 43.5 Å². The van der Waals surface area contributed by atoms with E-state index in [9.17, 15) is 30.3 Å². The van der Waals surface area contributed by atoms with Crippen LogP contribution in [0.25, 0.3) is 0 Å². The van der Waals surface area contributed by atoms with Gasteiger partial charge in [0.25, 0.3) is 0 Å². The highest BCUT2D eigenvalue weighted by molar-refractivity contribution is 5.76. The van der Waals surface area contributed by atoms with E-state index in [1.165, 1.54) is 128 Å². The first-order valence-corrected chi connectivity index (χ1v) is 23.2. The lowest BCUT2D eigenvalue weighted by molar-refractivity contribution is -0.302. The molecular weight excluding hydrogens is 707 g/mol. The van der Waals surface area contributed by atoms with E-state index in [0.717, 1.165) is 51.4 Å². The molecule has 1 aliphatic rings. The summed E-state index contributed by atoms with van der Waals surface area (Å²) in [6, 6.07) is -0.802. The molecule has 0 aromatic heterocycles. The predicted molar refractivity (Wildman–Crippen MR) is 230 cm³/mol. The molecule has 328 valence electrons. The van der Waals surface area contributed by atoms with E-state index in [1.54, 1.807) is 6.08 Å². The van der Waals surface area contributed by atoms with Crippen molar-refractivity contribution in [1.82, 2.24) is 5.32 Å². The molecule has 0 radical (unpaired) electrons. The van der Waals surface area contributed by atoms with Crippen molar-refractivity contribution in [2.45, 2.75) is 243 Å². The molecule has 7 atom stereocenters. The van der Waals surface area contributed by atoms with Crippen LogP contribution in [0.3, 0.4) is 0 Å². The second-order valence-electron chi connectivity index (χ2n) is 16.2. The number of nitrogens with one attached hydrogen (secondary N) is 1. The van der Waals surface area contributed by atoms with E-state index in [4.69, 9.17) is 9.47 Å². The second-order valence-corrected chi connectivity index (χ2v) is 16.2. The van der Waals surface area contributed by atoms with Crippen molar-refractivity contribution in [2.75, 3.05) is 13.2 Å². The van der Waals surface area contributed by atoms with Crippen LogP contribution in [0.5, 0.6) is 0 Å². The fourth-order valence-corrected chi connectivity index (χ4v) is 7.25. The number of carbonyl (C=O) groups excluding carboxylic acids is 1. The van der Waals surface area contributed by atoms with Crippen LogP contribution in [-0.2, 0) is 14.3 Å². The number of ether oxygens (including phenoxy) is 2. The number of aliphatic hydroxyl groups excluding tert-OH is 5. The molecule has 0 saturated carbocycles. The van der Waals surface area contributed by atoms with Gasteiger partial charge in [0.05, 0.1) is 25.4 Å². The number of hydrogen-bond donors (Lipinski definition) is 6. The summed E-state index contributed by atoms with van der Waals surface area (Å²) in [7, 11) is 0. The Kier molecular flexibility index (Phi) is 35.3. The molecular formula is C47H87NO8. The zero-order valence-electron chi connectivity index (χ0n) is 35.9. The number of amides is 1. The number of rotatable bonds is 38. The lowest BCUT2D eigenvalue weighted by Gasteiger charge is -2.40. The molecule has 1 saturated heterocycles. The first kappa shape index (κ1) is 52.4. The molecule has 1 fully saturated rings. The SMILES string of the molecule is CC/C=C\C/C=C\CCCCCCCCCCCCCCCCC(=O)NC(COC1OC(CO)C(O)C(O)C1O)C(O)/C=C/CCCCCCCCCCCC. The van der Waals surface area contributed by atoms with Gasteiger partial charge in [0.15, 0.2) is 6.29 Å². The van der Waals surface area contributed by atoms with Crippen molar-refractivity contribution in [1.29, 1.82) is 0 Å².